The molecule has 0 spiro atoms. The van der Waals surface area contributed by atoms with Gasteiger partial charge in [-0.05, 0) is 12.5 Å². The third-order valence-electron chi connectivity index (χ3n) is 1.90. The minimum Gasteiger partial charge on any atom is -0.352 e. The van der Waals surface area contributed by atoms with E-state index in [1.807, 2.05) is 0 Å². The molecule has 72 valence electrons. The molecule has 0 saturated heterocycles. The smallest absolute Gasteiger partial charge is 0.185 e. The Morgan fingerprint density at radius 3 is 2.38 bits per heavy atom. The zero-order chi connectivity index (χ0) is 9.84. The summed E-state index contributed by atoms with van der Waals surface area (Å²) in [5.41, 5.74) is 1.03. The van der Waals surface area contributed by atoms with Gasteiger partial charge in [0.05, 0.1) is 0 Å². The van der Waals surface area contributed by atoms with Crippen molar-refractivity contribution in [2.24, 2.45) is 0 Å². The van der Waals surface area contributed by atoms with Crippen LogP contribution >= 0.6 is 0 Å². The monoisotopic (exact) mass is 184 g/mol. The lowest BCUT2D eigenvalue weighted by Crippen LogP contribution is -2.06. The Bertz CT molecular complexity index is 282. The van der Waals surface area contributed by atoms with Gasteiger partial charge in [-0.1, -0.05) is 18.2 Å². The summed E-state index contributed by atoms with van der Waals surface area (Å²) >= 11 is 0. The Morgan fingerprint density at radius 2 is 1.85 bits per heavy atom. The van der Waals surface area contributed by atoms with Gasteiger partial charge in [0, 0.05) is 19.8 Å². The van der Waals surface area contributed by atoms with Crippen LogP contribution in [-0.4, -0.2) is 14.2 Å². The quantitative estimate of drug-likeness (QED) is 0.672. The fourth-order valence-electron chi connectivity index (χ4n) is 1.20. The van der Waals surface area contributed by atoms with E-state index in [9.17, 15) is 4.39 Å². The van der Waals surface area contributed by atoms with Gasteiger partial charge in [-0.3, -0.25) is 0 Å². The average Bonchev–Trinajstić information content (AvgIpc) is 2.14. The summed E-state index contributed by atoms with van der Waals surface area (Å²) in [6.07, 6.45) is -0.625. The normalized spacial score (nSPS) is 10.8. The Balaban J connectivity index is 3.05. The van der Waals surface area contributed by atoms with E-state index in [0.717, 1.165) is 0 Å². The minimum absolute atomic E-state index is 0.267. The first-order valence-electron chi connectivity index (χ1n) is 4.01. The fraction of sp³-hybridized carbons (Fsp3) is 0.400. The number of hydrogen-bond acceptors (Lipinski definition) is 2. The molecule has 0 aliphatic carbocycles. The molecule has 0 heterocycles. The van der Waals surface area contributed by atoms with E-state index in [1.54, 1.807) is 25.1 Å². The van der Waals surface area contributed by atoms with Crippen molar-refractivity contribution in [2.45, 2.75) is 13.2 Å². The summed E-state index contributed by atoms with van der Waals surface area (Å²) < 4.78 is 23.4. The predicted molar refractivity (Wildman–Crippen MR) is 47.9 cm³/mol. The predicted octanol–water partition coefficient (Wildman–Crippen LogP) is 2.43. The van der Waals surface area contributed by atoms with Crippen LogP contribution in [0.4, 0.5) is 4.39 Å². The molecule has 0 unspecified atom stereocenters. The lowest BCUT2D eigenvalue weighted by atomic mass is 10.1. The number of rotatable bonds is 3. The highest BCUT2D eigenvalue weighted by molar-refractivity contribution is 5.25. The summed E-state index contributed by atoms with van der Waals surface area (Å²) in [7, 11) is 2.96. The summed E-state index contributed by atoms with van der Waals surface area (Å²) in [5, 5.41) is 0. The van der Waals surface area contributed by atoms with Gasteiger partial charge in [0.2, 0.25) is 0 Å². The Kier molecular flexibility index (Phi) is 3.39. The van der Waals surface area contributed by atoms with Crippen LogP contribution in [0.3, 0.4) is 0 Å². The number of aryl methyl sites for hydroxylation is 1. The van der Waals surface area contributed by atoms with E-state index in [-0.39, 0.29) is 5.82 Å². The highest BCUT2D eigenvalue weighted by atomic mass is 19.1. The molecule has 3 heteroatoms. The highest BCUT2D eigenvalue weighted by Crippen LogP contribution is 2.22. The number of ether oxygens (including phenoxy) is 2. The second-order valence-corrected chi connectivity index (χ2v) is 2.78. The van der Waals surface area contributed by atoms with E-state index in [4.69, 9.17) is 9.47 Å². The van der Waals surface area contributed by atoms with E-state index >= 15 is 0 Å². The molecule has 0 aromatic heterocycles. The van der Waals surface area contributed by atoms with E-state index in [1.165, 1.54) is 14.2 Å². The van der Waals surface area contributed by atoms with Gasteiger partial charge >= 0.3 is 0 Å². The molecule has 0 bridgehead atoms. The first-order valence-corrected chi connectivity index (χ1v) is 4.01. The summed E-state index contributed by atoms with van der Waals surface area (Å²) in [5.74, 6) is -0.267. The Labute approximate surface area is 77.3 Å². The van der Waals surface area contributed by atoms with Crippen molar-refractivity contribution in [3.05, 3.63) is 35.1 Å². The van der Waals surface area contributed by atoms with Crippen molar-refractivity contribution in [3.63, 3.8) is 0 Å². The van der Waals surface area contributed by atoms with Crippen LogP contribution in [0.15, 0.2) is 18.2 Å². The second-order valence-electron chi connectivity index (χ2n) is 2.78. The first kappa shape index (κ1) is 10.2. The minimum atomic E-state index is -0.625. The Morgan fingerprint density at radius 1 is 1.23 bits per heavy atom. The van der Waals surface area contributed by atoms with Gasteiger partial charge < -0.3 is 9.47 Å². The molecular weight excluding hydrogens is 171 g/mol. The third-order valence-corrected chi connectivity index (χ3v) is 1.90. The lowest BCUT2D eigenvalue weighted by molar-refractivity contribution is -0.107. The summed E-state index contributed by atoms with van der Waals surface area (Å²) in [4.78, 5) is 0. The van der Waals surface area contributed by atoms with E-state index < -0.39 is 6.29 Å². The van der Waals surface area contributed by atoms with Crippen LogP contribution in [0.5, 0.6) is 0 Å². The molecule has 0 atom stereocenters. The molecule has 0 aliphatic heterocycles. The van der Waals surface area contributed by atoms with Crippen molar-refractivity contribution in [1.29, 1.82) is 0 Å². The molecule has 0 radical (unpaired) electrons. The second kappa shape index (κ2) is 4.35. The van der Waals surface area contributed by atoms with Crippen LogP contribution in [0.25, 0.3) is 0 Å². The fourth-order valence-corrected chi connectivity index (χ4v) is 1.20. The maximum Gasteiger partial charge on any atom is 0.185 e. The zero-order valence-corrected chi connectivity index (χ0v) is 8.00. The molecule has 0 aliphatic rings. The van der Waals surface area contributed by atoms with Crippen LogP contribution < -0.4 is 0 Å². The number of methoxy groups -OCH3 is 2. The van der Waals surface area contributed by atoms with Crippen LogP contribution in [0.2, 0.25) is 0 Å². The number of benzene rings is 1. The van der Waals surface area contributed by atoms with Gasteiger partial charge in [-0.2, -0.15) is 0 Å². The standard InChI is InChI=1S/C10H13FO2/c1-7-5-4-6-8(9(7)11)10(12-2)13-3/h4-6,10H,1-3H3. The Hall–Kier alpha value is -0.930. The van der Waals surface area contributed by atoms with Crippen molar-refractivity contribution in [2.75, 3.05) is 14.2 Å². The molecule has 2 nitrogen and oxygen atoms in total. The maximum absolute atomic E-state index is 13.5. The molecular formula is C10H13FO2. The van der Waals surface area contributed by atoms with E-state index in [2.05, 4.69) is 0 Å². The number of halogens is 1. The molecule has 1 rings (SSSR count). The topological polar surface area (TPSA) is 18.5 Å². The molecule has 0 saturated carbocycles. The lowest BCUT2D eigenvalue weighted by Gasteiger charge is -2.14. The SMILES string of the molecule is COC(OC)c1cccc(C)c1F. The van der Waals surface area contributed by atoms with Gasteiger partial charge in [-0.15, -0.1) is 0 Å². The largest absolute Gasteiger partial charge is 0.352 e. The van der Waals surface area contributed by atoms with Crippen molar-refractivity contribution >= 4 is 0 Å². The van der Waals surface area contributed by atoms with Gasteiger partial charge in [0.1, 0.15) is 5.82 Å². The van der Waals surface area contributed by atoms with Crippen molar-refractivity contribution < 1.29 is 13.9 Å². The van der Waals surface area contributed by atoms with Crippen molar-refractivity contribution in [1.82, 2.24) is 0 Å². The molecule has 0 N–H and O–H groups in total. The van der Waals surface area contributed by atoms with Crippen molar-refractivity contribution in [3.8, 4) is 0 Å². The first-order chi connectivity index (χ1) is 6.20. The number of hydrogen-bond donors (Lipinski definition) is 0. The summed E-state index contributed by atoms with van der Waals surface area (Å²) in [6.45, 7) is 1.71. The third kappa shape index (κ3) is 2.05. The molecule has 0 fully saturated rings. The molecule has 1 aromatic rings. The van der Waals surface area contributed by atoms with E-state index in [0.29, 0.717) is 11.1 Å². The molecule has 0 amide bonds. The van der Waals surface area contributed by atoms with Gasteiger partial charge in [0.25, 0.3) is 0 Å². The average molecular weight is 184 g/mol. The summed E-state index contributed by atoms with van der Waals surface area (Å²) in [6, 6.07) is 5.14. The highest BCUT2D eigenvalue weighted by Gasteiger charge is 2.14. The van der Waals surface area contributed by atoms with Gasteiger partial charge in [-0.25, -0.2) is 4.39 Å². The zero-order valence-electron chi connectivity index (χ0n) is 8.00. The molecule has 13 heavy (non-hydrogen) atoms. The maximum atomic E-state index is 13.5. The van der Waals surface area contributed by atoms with Crippen LogP contribution in [0.1, 0.15) is 17.4 Å². The molecule has 1 aromatic carbocycles. The van der Waals surface area contributed by atoms with Crippen LogP contribution in [-0.2, 0) is 9.47 Å². The van der Waals surface area contributed by atoms with Crippen LogP contribution in [0, 0.1) is 12.7 Å². The van der Waals surface area contributed by atoms with Gasteiger partial charge in [0.15, 0.2) is 6.29 Å².